The van der Waals surface area contributed by atoms with Gasteiger partial charge in [-0.3, -0.25) is 9.48 Å². The van der Waals surface area contributed by atoms with E-state index in [1.165, 1.54) is 13.0 Å². The Morgan fingerprint density at radius 2 is 1.77 bits per heavy atom. The molecule has 1 fully saturated rings. The topological polar surface area (TPSA) is 51.8 Å². The van der Waals surface area contributed by atoms with E-state index in [1.54, 1.807) is 12.0 Å². The Hall–Kier alpha value is -3.12. The standard InChI is InChI=1S/C25H30N4O2/c1-3-13-27-14-16-28(17-15-27)25(30)22-19-29(18-20-9-5-4-6-10-20)26-24(22)21-11-7-8-12-23(21)31-2/h4-12,19H,3,13-18H2,1-2H3/p+1. The van der Waals surface area contributed by atoms with E-state index in [0.29, 0.717) is 17.8 Å². The summed E-state index contributed by atoms with van der Waals surface area (Å²) < 4.78 is 7.43. The molecule has 0 spiro atoms. The number of rotatable bonds is 7. The molecule has 1 aliphatic heterocycles. The average Bonchev–Trinajstić information content (AvgIpc) is 3.23. The van der Waals surface area contributed by atoms with Crippen LogP contribution in [0.3, 0.4) is 0 Å². The maximum atomic E-state index is 13.5. The minimum absolute atomic E-state index is 0.0516. The molecule has 162 valence electrons. The second kappa shape index (κ2) is 9.79. The molecule has 2 heterocycles. The highest BCUT2D eigenvalue weighted by Crippen LogP contribution is 2.31. The molecule has 3 aromatic rings. The molecule has 1 amide bonds. The van der Waals surface area contributed by atoms with Crippen molar-refractivity contribution in [2.24, 2.45) is 0 Å². The maximum absolute atomic E-state index is 13.5. The number of quaternary nitrogens is 1. The molecule has 1 saturated heterocycles. The Morgan fingerprint density at radius 1 is 1.06 bits per heavy atom. The quantitative estimate of drug-likeness (QED) is 0.640. The van der Waals surface area contributed by atoms with E-state index in [0.717, 1.165) is 43.1 Å². The fraction of sp³-hybridized carbons (Fsp3) is 0.360. The van der Waals surface area contributed by atoms with Crippen LogP contribution in [-0.4, -0.2) is 60.4 Å². The Labute approximate surface area is 184 Å². The SMILES string of the molecule is CCC[NH+]1CCN(C(=O)c2cn(Cc3ccccc3)nc2-c2ccccc2OC)CC1. The number of piperazine rings is 1. The molecule has 0 atom stereocenters. The van der Waals surface area contributed by atoms with Gasteiger partial charge in [0, 0.05) is 11.8 Å². The molecule has 4 rings (SSSR count). The van der Waals surface area contributed by atoms with Crippen molar-refractivity contribution in [3.05, 3.63) is 71.9 Å². The van der Waals surface area contributed by atoms with E-state index in [-0.39, 0.29) is 5.91 Å². The second-order valence-electron chi connectivity index (χ2n) is 8.07. The lowest BCUT2D eigenvalue weighted by Gasteiger charge is -2.32. The Morgan fingerprint density at radius 3 is 2.48 bits per heavy atom. The van der Waals surface area contributed by atoms with Crippen molar-refractivity contribution in [1.82, 2.24) is 14.7 Å². The van der Waals surface area contributed by atoms with Gasteiger partial charge in [0.05, 0.1) is 51.9 Å². The highest BCUT2D eigenvalue weighted by molar-refractivity contribution is 6.00. The number of aromatic nitrogens is 2. The van der Waals surface area contributed by atoms with Gasteiger partial charge in [-0.1, -0.05) is 49.4 Å². The zero-order valence-corrected chi connectivity index (χ0v) is 18.4. The van der Waals surface area contributed by atoms with E-state index >= 15 is 0 Å². The summed E-state index contributed by atoms with van der Waals surface area (Å²) >= 11 is 0. The van der Waals surface area contributed by atoms with Crippen LogP contribution in [0.1, 0.15) is 29.3 Å². The first-order valence-electron chi connectivity index (χ1n) is 11.1. The zero-order valence-electron chi connectivity index (χ0n) is 18.4. The van der Waals surface area contributed by atoms with Crippen molar-refractivity contribution in [2.75, 3.05) is 39.8 Å². The number of amides is 1. The van der Waals surface area contributed by atoms with Crippen molar-refractivity contribution in [3.8, 4) is 17.0 Å². The molecule has 31 heavy (non-hydrogen) atoms. The molecule has 0 bridgehead atoms. The molecular weight excluding hydrogens is 388 g/mol. The lowest BCUT2D eigenvalue weighted by Crippen LogP contribution is -3.14. The lowest BCUT2D eigenvalue weighted by atomic mass is 10.1. The molecular formula is C25H31N4O2+. The number of hydrogen-bond acceptors (Lipinski definition) is 3. The van der Waals surface area contributed by atoms with Gasteiger partial charge in [-0.05, 0) is 24.1 Å². The van der Waals surface area contributed by atoms with Crippen molar-refractivity contribution < 1.29 is 14.4 Å². The number of ether oxygens (including phenoxy) is 1. The fourth-order valence-corrected chi connectivity index (χ4v) is 4.27. The van der Waals surface area contributed by atoms with Gasteiger partial charge < -0.3 is 14.5 Å². The monoisotopic (exact) mass is 419 g/mol. The molecule has 1 aromatic heterocycles. The molecule has 0 radical (unpaired) electrons. The first-order chi connectivity index (χ1) is 15.2. The molecule has 1 aliphatic rings. The normalized spacial score (nSPS) is 14.6. The van der Waals surface area contributed by atoms with Crippen LogP contribution in [-0.2, 0) is 6.54 Å². The van der Waals surface area contributed by atoms with Crippen molar-refractivity contribution in [1.29, 1.82) is 0 Å². The van der Waals surface area contributed by atoms with Crippen LogP contribution in [0, 0.1) is 0 Å². The highest BCUT2D eigenvalue weighted by Gasteiger charge is 2.28. The summed E-state index contributed by atoms with van der Waals surface area (Å²) in [4.78, 5) is 17.1. The molecule has 0 aliphatic carbocycles. The maximum Gasteiger partial charge on any atom is 0.258 e. The predicted molar refractivity (Wildman–Crippen MR) is 122 cm³/mol. The highest BCUT2D eigenvalue weighted by atomic mass is 16.5. The number of methoxy groups -OCH3 is 1. The van der Waals surface area contributed by atoms with Crippen LogP contribution in [0.25, 0.3) is 11.3 Å². The lowest BCUT2D eigenvalue weighted by molar-refractivity contribution is -0.904. The summed E-state index contributed by atoms with van der Waals surface area (Å²) in [5.74, 6) is 0.773. The molecule has 0 unspecified atom stereocenters. The molecule has 0 saturated carbocycles. The number of nitrogens with one attached hydrogen (secondary N) is 1. The largest absolute Gasteiger partial charge is 0.496 e. The summed E-state index contributed by atoms with van der Waals surface area (Å²) in [6.45, 7) is 7.57. The van der Waals surface area contributed by atoms with Crippen LogP contribution < -0.4 is 9.64 Å². The third-order valence-electron chi connectivity index (χ3n) is 5.90. The number of para-hydroxylation sites is 1. The van der Waals surface area contributed by atoms with Gasteiger partial charge in [0.25, 0.3) is 5.91 Å². The van der Waals surface area contributed by atoms with Crippen LogP contribution in [0.4, 0.5) is 0 Å². The Bertz CT molecular complexity index is 1010. The molecule has 6 heteroatoms. The van der Waals surface area contributed by atoms with Gasteiger partial charge in [-0.15, -0.1) is 0 Å². The Balaban J connectivity index is 1.66. The Kier molecular flexibility index (Phi) is 6.67. The van der Waals surface area contributed by atoms with Gasteiger partial charge >= 0.3 is 0 Å². The van der Waals surface area contributed by atoms with E-state index in [9.17, 15) is 4.79 Å². The minimum Gasteiger partial charge on any atom is -0.496 e. The molecule has 6 nitrogen and oxygen atoms in total. The van der Waals surface area contributed by atoms with Gasteiger partial charge in [0.15, 0.2) is 0 Å². The summed E-state index contributed by atoms with van der Waals surface area (Å²) in [7, 11) is 1.65. The van der Waals surface area contributed by atoms with Gasteiger partial charge in [0.1, 0.15) is 11.4 Å². The summed E-state index contributed by atoms with van der Waals surface area (Å²) in [5.41, 5.74) is 3.31. The van der Waals surface area contributed by atoms with E-state index in [2.05, 4.69) is 19.1 Å². The first-order valence-corrected chi connectivity index (χ1v) is 11.1. The number of nitrogens with zero attached hydrogens (tertiary/aromatic N) is 3. The van der Waals surface area contributed by atoms with E-state index < -0.39 is 0 Å². The van der Waals surface area contributed by atoms with Crippen LogP contribution in [0.5, 0.6) is 5.75 Å². The number of benzene rings is 2. The number of carbonyl (C=O) groups is 1. The van der Waals surface area contributed by atoms with Gasteiger partial charge in [0.2, 0.25) is 0 Å². The first kappa shape index (κ1) is 21.1. The van der Waals surface area contributed by atoms with Gasteiger partial charge in [-0.25, -0.2) is 0 Å². The second-order valence-corrected chi connectivity index (χ2v) is 8.07. The van der Waals surface area contributed by atoms with Crippen molar-refractivity contribution in [2.45, 2.75) is 19.9 Å². The third-order valence-corrected chi connectivity index (χ3v) is 5.90. The number of hydrogen-bond donors (Lipinski definition) is 1. The molecule has 1 N–H and O–H groups in total. The smallest absolute Gasteiger partial charge is 0.258 e. The van der Waals surface area contributed by atoms with Gasteiger partial charge in [-0.2, -0.15) is 5.10 Å². The van der Waals surface area contributed by atoms with Crippen LogP contribution in [0.15, 0.2) is 60.8 Å². The van der Waals surface area contributed by atoms with E-state index in [1.807, 2.05) is 58.2 Å². The van der Waals surface area contributed by atoms with Crippen LogP contribution >= 0.6 is 0 Å². The predicted octanol–water partition coefficient (Wildman–Crippen LogP) is 2.36. The summed E-state index contributed by atoms with van der Waals surface area (Å²) in [6.07, 6.45) is 3.07. The summed E-state index contributed by atoms with van der Waals surface area (Å²) in [6, 6.07) is 17.9. The van der Waals surface area contributed by atoms with Crippen molar-refractivity contribution in [3.63, 3.8) is 0 Å². The zero-order chi connectivity index (χ0) is 21.6. The molecule has 2 aromatic carbocycles. The average molecular weight is 420 g/mol. The van der Waals surface area contributed by atoms with Crippen LogP contribution in [0.2, 0.25) is 0 Å². The summed E-state index contributed by atoms with van der Waals surface area (Å²) in [5, 5.41) is 4.83. The minimum atomic E-state index is 0.0516. The van der Waals surface area contributed by atoms with E-state index in [4.69, 9.17) is 9.84 Å². The third kappa shape index (κ3) is 4.80. The fourth-order valence-electron chi connectivity index (χ4n) is 4.27. The van der Waals surface area contributed by atoms with Crippen molar-refractivity contribution >= 4 is 5.91 Å². The number of carbonyl (C=O) groups excluding carboxylic acids is 1.